The third-order valence-corrected chi connectivity index (χ3v) is 1.94. The topological polar surface area (TPSA) is 62.8 Å². The number of nitrogens with two attached hydrogens (primary N) is 1. The highest BCUT2D eigenvalue weighted by Crippen LogP contribution is 2.11. The van der Waals surface area contributed by atoms with Gasteiger partial charge in [-0.1, -0.05) is 0 Å². The van der Waals surface area contributed by atoms with Gasteiger partial charge in [-0.05, 0) is 6.08 Å². The predicted molar refractivity (Wildman–Crippen MR) is 44.5 cm³/mol. The molecule has 0 saturated heterocycles. The van der Waals surface area contributed by atoms with Crippen molar-refractivity contribution < 1.29 is 0 Å². The van der Waals surface area contributed by atoms with E-state index in [0.717, 1.165) is 0 Å². The number of aliphatic imine (C=N–C) groups is 2. The lowest BCUT2D eigenvalue weighted by Crippen LogP contribution is -2.47. The molecule has 2 unspecified atom stereocenters. The Morgan fingerprint density at radius 1 is 1.64 bits per heavy atom. The Kier molecular flexibility index (Phi) is 1.47. The molecule has 0 amide bonds. The van der Waals surface area contributed by atoms with Crippen molar-refractivity contribution in [3.05, 3.63) is 12.3 Å². The molecule has 4 nitrogen and oxygen atoms in total. The van der Waals surface area contributed by atoms with Crippen LogP contribution >= 0.6 is 0 Å². The van der Waals surface area contributed by atoms with Crippen molar-refractivity contribution in [3.8, 4) is 0 Å². The van der Waals surface area contributed by atoms with Gasteiger partial charge in [-0.15, -0.1) is 0 Å². The minimum absolute atomic E-state index is 0.161. The van der Waals surface area contributed by atoms with E-state index in [1.54, 1.807) is 6.20 Å². The van der Waals surface area contributed by atoms with Gasteiger partial charge in [0, 0.05) is 18.5 Å². The summed E-state index contributed by atoms with van der Waals surface area (Å²) in [5, 5.41) is 3.21. The molecule has 0 aromatic heterocycles. The van der Waals surface area contributed by atoms with Crippen LogP contribution < -0.4 is 11.1 Å². The summed E-state index contributed by atoms with van der Waals surface area (Å²) >= 11 is 0. The standard InChI is InChI=1S/C7H10N4/c8-7-5-3-9-2-1-6(5)10-4-11-7/h1-3,5-6,10H,4H2,(H2,8,11). The zero-order valence-electron chi connectivity index (χ0n) is 6.07. The van der Waals surface area contributed by atoms with E-state index in [1.165, 1.54) is 0 Å². The van der Waals surface area contributed by atoms with Crippen molar-refractivity contribution in [2.75, 3.05) is 6.67 Å². The van der Waals surface area contributed by atoms with Crippen LogP contribution in [0.4, 0.5) is 0 Å². The van der Waals surface area contributed by atoms with Crippen LogP contribution in [0.1, 0.15) is 0 Å². The predicted octanol–water partition coefficient (Wildman–Crippen LogP) is -0.513. The molecular formula is C7H10N4. The monoisotopic (exact) mass is 150 g/mol. The van der Waals surface area contributed by atoms with E-state index in [1.807, 2.05) is 12.3 Å². The quantitative estimate of drug-likeness (QED) is 0.488. The molecule has 58 valence electrons. The number of hydrogen-bond donors (Lipinski definition) is 2. The molecule has 0 fully saturated rings. The van der Waals surface area contributed by atoms with Gasteiger partial charge in [0.2, 0.25) is 0 Å². The number of nitrogens with zero attached hydrogens (tertiary/aromatic N) is 2. The number of hydrogen-bond acceptors (Lipinski definition) is 4. The first-order chi connectivity index (χ1) is 5.38. The van der Waals surface area contributed by atoms with E-state index in [9.17, 15) is 0 Å². The Morgan fingerprint density at radius 3 is 3.36 bits per heavy atom. The molecule has 0 aromatic rings. The largest absolute Gasteiger partial charge is 0.387 e. The van der Waals surface area contributed by atoms with Crippen LogP contribution in [0.3, 0.4) is 0 Å². The van der Waals surface area contributed by atoms with Crippen molar-refractivity contribution in [3.63, 3.8) is 0 Å². The van der Waals surface area contributed by atoms with Gasteiger partial charge < -0.3 is 5.73 Å². The van der Waals surface area contributed by atoms with Crippen molar-refractivity contribution in [2.45, 2.75) is 6.04 Å². The molecule has 0 radical (unpaired) electrons. The fraction of sp³-hybridized carbons (Fsp3) is 0.429. The second kappa shape index (κ2) is 2.47. The minimum Gasteiger partial charge on any atom is -0.387 e. The van der Waals surface area contributed by atoms with Gasteiger partial charge in [0.25, 0.3) is 0 Å². The minimum atomic E-state index is 0.161. The highest BCUT2D eigenvalue weighted by Gasteiger charge is 2.25. The second-order valence-electron chi connectivity index (χ2n) is 2.64. The first kappa shape index (κ1) is 6.54. The maximum Gasteiger partial charge on any atom is 0.106 e. The van der Waals surface area contributed by atoms with Crippen molar-refractivity contribution in [1.29, 1.82) is 0 Å². The zero-order valence-corrected chi connectivity index (χ0v) is 6.07. The fourth-order valence-electron chi connectivity index (χ4n) is 1.30. The molecule has 2 aliphatic rings. The van der Waals surface area contributed by atoms with E-state index in [-0.39, 0.29) is 5.92 Å². The summed E-state index contributed by atoms with van der Waals surface area (Å²) in [5.41, 5.74) is 5.67. The van der Waals surface area contributed by atoms with Gasteiger partial charge in [-0.2, -0.15) is 0 Å². The molecule has 0 saturated carbocycles. The molecule has 2 aliphatic heterocycles. The van der Waals surface area contributed by atoms with Crippen molar-refractivity contribution in [2.24, 2.45) is 21.6 Å². The summed E-state index contributed by atoms with van der Waals surface area (Å²) in [6.07, 6.45) is 5.62. The maximum absolute atomic E-state index is 5.67. The molecule has 0 aliphatic carbocycles. The lowest BCUT2D eigenvalue weighted by Gasteiger charge is -2.27. The molecule has 2 rings (SSSR count). The second-order valence-corrected chi connectivity index (χ2v) is 2.64. The third-order valence-electron chi connectivity index (χ3n) is 1.94. The van der Waals surface area contributed by atoms with E-state index in [4.69, 9.17) is 5.73 Å². The molecule has 3 N–H and O–H groups in total. The van der Waals surface area contributed by atoms with Gasteiger partial charge in [-0.3, -0.25) is 15.3 Å². The van der Waals surface area contributed by atoms with Crippen LogP contribution in [-0.2, 0) is 0 Å². The molecule has 2 atom stereocenters. The van der Waals surface area contributed by atoms with E-state index < -0.39 is 0 Å². The molecule has 2 heterocycles. The molecule has 0 aromatic carbocycles. The van der Waals surface area contributed by atoms with E-state index in [0.29, 0.717) is 18.5 Å². The van der Waals surface area contributed by atoms with Gasteiger partial charge in [0.05, 0.1) is 12.6 Å². The summed E-state index contributed by atoms with van der Waals surface area (Å²) in [4.78, 5) is 8.08. The Morgan fingerprint density at radius 2 is 2.55 bits per heavy atom. The van der Waals surface area contributed by atoms with E-state index in [2.05, 4.69) is 15.3 Å². The SMILES string of the molecule is NC1=NCNC2C=CN=CC12. The molecule has 0 spiro atoms. The van der Waals surface area contributed by atoms with Crippen molar-refractivity contribution >= 4 is 12.1 Å². The van der Waals surface area contributed by atoms with Crippen LogP contribution in [0, 0.1) is 5.92 Å². The number of nitrogens with one attached hydrogen (secondary N) is 1. The Bertz CT molecular complexity index is 241. The van der Waals surface area contributed by atoms with Gasteiger partial charge in [0.1, 0.15) is 5.84 Å². The summed E-state index contributed by atoms with van der Waals surface area (Å²) < 4.78 is 0. The highest BCUT2D eigenvalue weighted by atomic mass is 15.1. The average Bonchev–Trinajstić information content (AvgIpc) is 2.06. The summed E-state index contributed by atoms with van der Waals surface area (Å²) in [7, 11) is 0. The average molecular weight is 150 g/mol. The third kappa shape index (κ3) is 1.05. The first-order valence-electron chi connectivity index (χ1n) is 3.61. The van der Waals surface area contributed by atoms with E-state index >= 15 is 0 Å². The Balaban J connectivity index is 2.26. The van der Waals surface area contributed by atoms with Gasteiger partial charge >= 0.3 is 0 Å². The smallest absolute Gasteiger partial charge is 0.106 e. The van der Waals surface area contributed by atoms with Crippen LogP contribution in [0.2, 0.25) is 0 Å². The first-order valence-corrected chi connectivity index (χ1v) is 3.61. The summed E-state index contributed by atoms with van der Waals surface area (Å²) in [6.45, 7) is 0.616. The highest BCUT2D eigenvalue weighted by molar-refractivity contribution is 5.98. The summed E-state index contributed by atoms with van der Waals surface area (Å²) in [5.74, 6) is 0.843. The van der Waals surface area contributed by atoms with Crippen LogP contribution in [-0.4, -0.2) is 24.8 Å². The van der Waals surface area contributed by atoms with Crippen molar-refractivity contribution in [1.82, 2.24) is 5.32 Å². The zero-order chi connectivity index (χ0) is 7.68. The maximum atomic E-state index is 5.67. The van der Waals surface area contributed by atoms with Crippen LogP contribution in [0.25, 0.3) is 0 Å². The molecule has 0 bridgehead atoms. The number of fused-ring (bicyclic) bond motifs is 1. The number of rotatable bonds is 0. The van der Waals surface area contributed by atoms with Crippen LogP contribution in [0.5, 0.6) is 0 Å². The number of amidine groups is 1. The molecule has 11 heavy (non-hydrogen) atoms. The lowest BCUT2D eigenvalue weighted by atomic mass is 9.97. The fourth-order valence-corrected chi connectivity index (χ4v) is 1.30. The normalized spacial score (nSPS) is 34.7. The summed E-state index contributed by atoms with van der Waals surface area (Å²) in [6, 6.07) is 0.296. The lowest BCUT2D eigenvalue weighted by molar-refractivity contribution is 0.545. The molecular weight excluding hydrogens is 140 g/mol. The van der Waals surface area contributed by atoms with Crippen LogP contribution in [0.15, 0.2) is 22.3 Å². The Hall–Kier alpha value is -1.16. The van der Waals surface area contributed by atoms with Gasteiger partial charge in [0.15, 0.2) is 0 Å². The van der Waals surface area contributed by atoms with Gasteiger partial charge in [-0.25, -0.2) is 0 Å². The Labute approximate surface area is 64.9 Å². The molecule has 4 heteroatoms.